The van der Waals surface area contributed by atoms with Crippen molar-refractivity contribution < 1.29 is 9.90 Å². The van der Waals surface area contributed by atoms with Crippen LogP contribution in [0.1, 0.15) is 22.9 Å². The third-order valence-corrected chi connectivity index (χ3v) is 3.62. The summed E-state index contributed by atoms with van der Waals surface area (Å²) in [5.41, 5.74) is 2.68. The van der Waals surface area contributed by atoms with Crippen LogP contribution in [0.4, 0.5) is 4.79 Å². The second-order valence-electron chi connectivity index (χ2n) is 4.40. The van der Waals surface area contributed by atoms with E-state index in [0.717, 1.165) is 16.8 Å². The van der Waals surface area contributed by atoms with Crippen molar-refractivity contribution in [2.45, 2.75) is 19.6 Å². The molecule has 0 saturated heterocycles. The van der Waals surface area contributed by atoms with Crippen LogP contribution in [0, 0.1) is 6.92 Å². The number of hydrogen-bond donors (Lipinski definition) is 3. The summed E-state index contributed by atoms with van der Waals surface area (Å²) in [4.78, 5) is 15.8. The number of thiophene rings is 1. The molecule has 106 valence electrons. The lowest BCUT2D eigenvalue weighted by Crippen LogP contribution is -2.37. The van der Waals surface area contributed by atoms with Gasteiger partial charge >= 0.3 is 6.03 Å². The number of aromatic nitrogens is 1. The second-order valence-corrected chi connectivity index (χ2v) is 5.18. The second kappa shape index (κ2) is 7.02. The maximum atomic E-state index is 11.6. The van der Waals surface area contributed by atoms with Gasteiger partial charge in [-0.1, -0.05) is 6.07 Å². The van der Waals surface area contributed by atoms with Crippen molar-refractivity contribution in [2.24, 2.45) is 0 Å². The first-order valence-corrected chi connectivity index (χ1v) is 7.23. The molecule has 0 aliphatic heterocycles. The standard InChI is InChI=1S/C14H17N3O2S/c1-10-3-2-5-15-12(10)7-16-14(19)17-8-13(18)11-4-6-20-9-11/h2-6,9,13,18H,7-8H2,1H3,(H2,16,17,19). The van der Waals surface area contributed by atoms with Crippen molar-refractivity contribution in [2.75, 3.05) is 6.54 Å². The molecule has 1 atom stereocenters. The van der Waals surface area contributed by atoms with Gasteiger partial charge in [-0.15, -0.1) is 0 Å². The van der Waals surface area contributed by atoms with Crippen LogP contribution in [0.5, 0.6) is 0 Å². The number of pyridine rings is 1. The average molecular weight is 291 g/mol. The summed E-state index contributed by atoms with van der Waals surface area (Å²) >= 11 is 1.51. The number of nitrogens with zero attached hydrogens (tertiary/aromatic N) is 1. The van der Waals surface area contributed by atoms with Crippen molar-refractivity contribution in [1.29, 1.82) is 0 Å². The Morgan fingerprint density at radius 2 is 2.30 bits per heavy atom. The molecule has 2 aromatic rings. The summed E-state index contributed by atoms with van der Waals surface area (Å²) in [7, 11) is 0. The van der Waals surface area contributed by atoms with Gasteiger partial charge in [0, 0.05) is 12.7 Å². The van der Waals surface area contributed by atoms with Crippen molar-refractivity contribution in [3.05, 3.63) is 52.0 Å². The molecule has 6 heteroatoms. The van der Waals surface area contributed by atoms with Crippen molar-refractivity contribution in [3.63, 3.8) is 0 Å². The summed E-state index contributed by atoms with van der Waals surface area (Å²) in [5.74, 6) is 0. The van der Waals surface area contributed by atoms with Gasteiger partial charge in [-0.05, 0) is 40.9 Å². The highest BCUT2D eigenvalue weighted by atomic mass is 32.1. The quantitative estimate of drug-likeness (QED) is 0.788. The molecule has 2 amide bonds. The molecule has 0 fully saturated rings. The Labute approximate surface area is 121 Å². The lowest BCUT2D eigenvalue weighted by molar-refractivity contribution is 0.173. The average Bonchev–Trinajstić information content (AvgIpc) is 2.98. The van der Waals surface area contributed by atoms with E-state index in [4.69, 9.17) is 0 Å². The van der Waals surface area contributed by atoms with Gasteiger partial charge < -0.3 is 15.7 Å². The fourth-order valence-corrected chi connectivity index (χ4v) is 2.41. The third kappa shape index (κ3) is 4.04. The molecule has 0 aliphatic carbocycles. The van der Waals surface area contributed by atoms with Crippen LogP contribution >= 0.6 is 11.3 Å². The molecular formula is C14H17N3O2S. The predicted octanol–water partition coefficient (Wildman–Crippen LogP) is 1.98. The van der Waals surface area contributed by atoms with E-state index in [-0.39, 0.29) is 12.6 Å². The molecule has 0 bridgehead atoms. The highest BCUT2D eigenvalue weighted by molar-refractivity contribution is 7.07. The van der Waals surface area contributed by atoms with Crippen LogP contribution in [-0.2, 0) is 6.54 Å². The molecule has 2 aromatic heterocycles. The minimum Gasteiger partial charge on any atom is -0.387 e. The van der Waals surface area contributed by atoms with Gasteiger partial charge in [-0.25, -0.2) is 4.79 Å². The number of hydrogen-bond acceptors (Lipinski definition) is 4. The van der Waals surface area contributed by atoms with Crippen LogP contribution in [-0.4, -0.2) is 22.7 Å². The smallest absolute Gasteiger partial charge is 0.315 e. The Hall–Kier alpha value is -1.92. The number of rotatable bonds is 5. The molecule has 0 spiro atoms. The van der Waals surface area contributed by atoms with E-state index in [0.29, 0.717) is 6.54 Å². The van der Waals surface area contributed by atoms with Gasteiger partial charge in [0.1, 0.15) is 0 Å². The molecule has 3 N–H and O–H groups in total. The zero-order chi connectivity index (χ0) is 14.4. The van der Waals surface area contributed by atoms with Crippen molar-refractivity contribution >= 4 is 17.4 Å². The molecule has 0 saturated carbocycles. The SMILES string of the molecule is Cc1cccnc1CNC(=O)NCC(O)c1ccsc1. The van der Waals surface area contributed by atoms with Gasteiger partial charge in [0.05, 0.1) is 18.3 Å². The highest BCUT2D eigenvalue weighted by Gasteiger charge is 2.09. The van der Waals surface area contributed by atoms with E-state index in [1.54, 1.807) is 6.20 Å². The van der Waals surface area contributed by atoms with Crippen molar-refractivity contribution in [3.8, 4) is 0 Å². The lowest BCUT2D eigenvalue weighted by Gasteiger charge is -2.12. The molecule has 0 aromatic carbocycles. The van der Waals surface area contributed by atoms with Gasteiger partial charge in [-0.2, -0.15) is 11.3 Å². The van der Waals surface area contributed by atoms with E-state index in [2.05, 4.69) is 15.6 Å². The predicted molar refractivity (Wildman–Crippen MR) is 78.5 cm³/mol. The summed E-state index contributed by atoms with van der Waals surface area (Å²) in [6, 6.07) is 5.33. The Morgan fingerprint density at radius 1 is 1.45 bits per heavy atom. The summed E-state index contributed by atoms with van der Waals surface area (Å²) in [5, 5.41) is 19.0. The number of carbonyl (C=O) groups is 1. The fraction of sp³-hybridized carbons (Fsp3) is 0.286. The fourth-order valence-electron chi connectivity index (χ4n) is 1.70. The van der Waals surface area contributed by atoms with Crippen LogP contribution in [0.25, 0.3) is 0 Å². The minimum atomic E-state index is -0.677. The maximum Gasteiger partial charge on any atom is 0.315 e. The van der Waals surface area contributed by atoms with Crippen molar-refractivity contribution in [1.82, 2.24) is 15.6 Å². The molecule has 2 heterocycles. The molecule has 1 unspecified atom stereocenters. The van der Waals surface area contributed by atoms with Gasteiger partial charge in [0.2, 0.25) is 0 Å². The normalized spacial score (nSPS) is 11.9. The Bertz CT molecular complexity index is 557. The molecule has 20 heavy (non-hydrogen) atoms. The topological polar surface area (TPSA) is 74.2 Å². The molecule has 2 rings (SSSR count). The zero-order valence-electron chi connectivity index (χ0n) is 11.2. The van der Waals surface area contributed by atoms with Crippen LogP contribution < -0.4 is 10.6 Å². The Balaban J connectivity index is 1.75. The summed E-state index contributed by atoms with van der Waals surface area (Å²) < 4.78 is 0. The van der Waals surface area contributed by atoms with Gasteiger partial charge in [0.15, 0.2) is 0 Å². The van der Waals surface area contributed by atoms with E-state index in [9.17, 15) is 9.90 Å². The van der Waals surface area contributed by atoms with Crippen LogP contribution in [0.2, 0.25) is 0 Å². The largest absolute Gasteiger partial charge is 0.387 e. The van der Waals surface area contributed by atoms with E-state index >= 15 is 0 Å². The number of carbonyl (C=O) groups excluding carboxylic acids is 1. The molecule has 0 radical (unpaired) electrons. The molecular weight excluding hydrogens is 274 g/mol. The number of urea groups is 1. The van der Waals surface area contributed by atoms with Crippen LogP contribution in [0.3, 0.4) is 0 Å². The summed E-state index contributed by atoms with van der Waals surface area (Å²) in [6.45, 7) is 2.50. The highest BCUT2D eigenvalue weighted by Crippen LogP contribution is 2.14. The van der Waals surface area contributed by atoms with Crippen LogP contribution in [0.15, 0.2) is 35.2 Å². The first-order valence-electron chi connectivity index (χ1n) is 6.29. The number of aryl methyl sites for hydroxylation is 1. The van der Waals surface area contributed by atoms with Gasteiger partial charge in [-0.3, -0.25) is 4.98 Å². The number of nitrogens with one attached hydrogen (secondary N) is 2. The first-order chi connectivity index (χ1) is 9.66. The van der Waals surface area contributed by atoms with E-state index < -0.39 is 6.10 Å². The van der Waals surface area contributed by atoms with E-state index in [1.165, 1.54) is 11.3 Å². The molecule has 5 nitrogen and oxygen atoms in total. The van der Waals surface area contributed by atoms with Gasteiger partial charge in [0.25, 0.3) is 0 Å². The molecule has 0 aliphatic rings. The summed E-state index contributed by atoms with van der Waals surface area (Å²) in [6.07, 6.45) is 1.02. The Kier molecular flexibility index (Phi) is 5.09. The minimum absolute atomic E-state index is 0.184. The zero-order valence-corrected chi connectivity index (χ0v) is 12.0. The Morgan fingerprint density at radius 3 is 3.00 bits per heavy atom. The monoisotopic (exact) mass is 291 g/mol. The number of aliphatic hydroxyl groups excluding tert-OH is 1. The third-order valence-electron chi connectivity index (χ3n) is 2.92. The van der Waals surface area contributed by atoms with E-state index in [1.807, 2.05) is 35.9 Å². The number of aliphatic hydroxyl groups is 1. The maximum absolute atomic E-state index is 11.6. The lowest BCUT2D eigenvalue weighted by atomic mass is 10.2. The number of amides is 2. The first kappa shape index (κ1) is 14.5.